The Bertz CT molecular complexity index is 3860. The second-order valence-corrected chi connectivity index (χ2v) is 16.5. The van der Waals surface area contributed by atoms with Gasteiger partial charge in [-0.1, -0.05) is 152 Å². The monoisotopic (exact) mass is 801 g/mol. The number of fused-ring (bicyclic) bond motifs is 10. The highest BCUT2D eigenvalue weighted by Crippen LogP contribution is 2.45. The van der Waals surface area contributed by atoms with Gasteiger partial charge in [-0.15, -0.1) is 0 Å². The minimum atomic E-state index is 1.14. The number of aromatic nitrogens is 3. The van der Waals surface area contributed by atoms with Crippen molar-refractivity contribution >= 4 is 65.4 Å². The molecule has 13 aromatic rings. The van der Waals surface area contributed by atoms with Crippen LogP contribution in [-0.2, 0) is 0 Å². The number of nitrogens with zero attached hydrogens (tertiary/aromatic N) is 3. The summed E-state index contributed by atoms with van der Waals surface area (Å²) in [6.45, 7) is 0. The van der Waals surface area contributed by atoms with E-state index in [1.54, 1.807) is 0 Å². The second-order valence-electron chi connectivity index (χ2n) is 16.5. The Labute approximate surface area is 364 Å². The molecule has 3 nitrogen and oxygen atoms in total. The van der Waals surface area contributed by atoms with Crippen molar-refractivity contribution in [1.82, 2.24) is 13.7 Å². The molecule has 3 aromatic heterocycles. The van der Waals surface area contributed by atoms with Crippen LogP contribution in [0.4, 0.5) is 0 Å². The van der Waals surface area contributed by atoms with Gasteiger partial charge >= 0.3 is 0 Å². The molecular formula is C60H39N3. The molecule has 0 atom stereocenters. The van der Waals surface area contributed by atoms with Gasteiger partial charge in [-0.25, -0.2) is 0 Å². The average molecular weight is 802 g/mol. The van der Waals surface area contributed by atoms with E-state index in [-0.39, 0.29) is 0 Å². The first-order valence-electron chi connectivity index (χ1n) is 21.7. The predicted molar refractivity (Wildman–Crippen MR) is 266 cm³/mol. The van der Waals surface area contributed by atoms with Gasteiger partial charge in [-0.05, 0) is 113 Å². The molecule has 3 heterocycles. The molecular weight excluding hydrogens is 763 g/mol. The third-order valence-corrected chi connectivity index (χ3v) is 13.0. The minimum Gasteiger partial charge on any atom is -0.309 e. The molecule has 0 bridgehead atoms. The van der Waals surface area contributed by atoms with E-state index in [1.165, 1.54) is 98.8 Å². The van der Waals surface area contributed by atoms with Crippen LogP contribution >= 0.6 is 0 Å². The zero-order valence-corrected chi connectivity index (χ0v) is 34.4. The van der Waals surface area contributed by atoms with E-state index in [4.69, 9.17) is 0 Å². The van der Waals surface area contributed by atoms with Crippen LogP contribution in [0.15, 0.2) is 237 Å². The first-order chi connectivity index (χ1) is 31.3. The van der Waals surface area contributed by atoms with E-state index in [2.05, 4.69) is 250 Å². The Morgan fingerprint density at radius 2 is 0.667 bits per heavy atom. The van der Waals surface area contributed by atoms with Crippen molar-refractivity contribution in [1.29, 1.82) is 0 Å². The third-order valence-electron chi connectivity index (χ3n) is 13.0. The van der Waals surface area contributed by atoms with Crippen LogP contribution in [0.2, 0.25) is 0 Å². The number of benzene rings is 10. The SMILES string of the molecule is c1ccc(-c2cc(-c3ccccc3)c3c(c2)c2cc(-c4ccc5c(c4)c4ccc6c(c7ccccc7n6-c6ccccc6)c4n5-c4ccccc4)ccc2n3-c2ccccc2)cc1. The van der Waals surface area contributed by atoms with Crippen LogP contribution in [0.5, 0.6) is 0 Å². The molecule has 0 aliphatic heterocycles. The number of para-hydroxylation sites is 4. The lowest BCUT2D eigenvalue weighted by Crippen LogP contribution is -1.95. The average Bonchev–Trinajstić information content (AvgIpc) is 4.00. The van der Waals surface area contributed by atoms with Crippen molar-refractivity contribution in [3.8, 4) is 50.4 Å². The molecule has 0 spiro atoms. The van der Waals surface area contributed by atoms with Gasteiger partial charge in [-0.2, -0.15) is 0 Å². The summed E-state index contributed by atoms with van der Waals surface area (Å²) in [6, 6.07) is 86.4. The first kappa shape index (κ1) is 35.4. The summed E-state index contributed by atoms with van der Waals surface area (Å²) in [5.74, 6) is 0. The molecule has 0 saturated carbocycles. The lowest BCUT2D eigenvalue weighted by Gasteiger charge is -2.13. The first-order valence-corrected chi connectivity index (χ1v) is 21.7. The third kappa shape index (κ3) is 5.46. The summed E-state index contributed by atoms with van der Waals surface area (Å²) in [4.78, 5) is 0. The van der Waals surface area contributed by atoms with Crippen molar-refractivity contribution < 1.29 is 0 Å². The molecule has 63 heavy (non-hydrogen) atoms. The van der Waals surface area contributed by atoms with Gasteiger partial charge in [0, 0.05) is 54.9 Å². The highest BCUT2D eigenvalue weighted by atomic mass is 15.0. The molecule has 0 fully saturated rings. The normalized spacial score (nSPS) is 11.8. The molecule has 10 aromatic carbocycles. The summed E-state index contributed by atoms with van der Waals surface area (Å²) >= 11 is 0. The molecule has 0 N–H and O–H groups in total. The molecule has 0 saturated heterocycles. The lowest BCUT2D eigenvalue weighted by atomic mass is 9.95. The van der Waals surface area contributed by atoms with E-state index in [0.29, 0.717) is 0 Å². The Morgan fingerprint density at radius 1 is 0.222 bits per heavy atom. The zero-order valence-electron chi connectivity index (χ0n) is 34.4. The summed E-state index contributed by atoms with van der Waals surface area (Å²) < 4.78 is 7.35. The van der Waals surface area contributed by atoms with Crippen LogP contribution in [0, 0.1) is 0 Å². The lowest BCUT2D eigenvalue weighted by molar-refractivity contribution is 1.17. The van der Waals surface area contributed by atoms with E-state index in [0.717, 1.165) is 17.1 Å². The van der Waals surface area contributed by atoms with Crippen molar-refractivity contribution in [2.75, 3.05) is 0 Å². The van der Waals surface area contributed by atoms with Gasteiger partial charge in [-0.3, -0.25) is 0 Å². The van der Waals surface area contributed by atoms with E-state index in [9.17, 15) is 0 Å². The molecule has 0 aliphatic carbocycles. The molecule has 13 rings (SSSR count). The van der Waals surface area contributed by atoms with Gasteiger partial charge in [0.25, 0.3) is 0 Å². The van der Waals surface area contributed by atoms with Crippen molar-refractivity contribution in [3.05, 3.63) is 237 Å². The minimum absolute atomic E-state index is 1.14. The maximum Gasteiger partial charge on any atom is 0.0641 e. The molecule has 0 amide bonds. The van der Waals surface area contributed by atoms with Gasteiger partial charge in [0.05, 0.1) is 33.1 Å². The quantitative estimate of drug-likeness (QED) is 0.159. The van der Waals surface area contributed by atoms with Gasteiger partial charge in [0.2, 0.25) is 0 Å². The standard InChI is InChI=1S/C60H39N3/c1-6-18-40(19-7-1)44-38-50(41-20-8-2-9-21-41)59-53(39-44)52-37-43(31-34-56(52)62(59)46-24-12-4-13-25-46)42-30-33-55-51(36-42)48-32-35-57-58(60(48)63(55)47-26-14-5-15-27-47)49-28-16-17-29-54(49)61(57)45-22-10-3-11-23-45/h1-39H. The second kappa shape index (κ2) is 14.1. The highest BCUT2D eigenvalue weighted by Gasteiger charge is 2.23. The largest absolute Gasteiger partial charge is 0.309 e. The Morgan fingerprint density at radius 3 is 1.27 bits per heavy atom. The predicted octanol–water partition coefficient (Wildman–Crippen LogP) is 16.0. The molecule has 3 heteroatoms. The Kier molecular flexibility index (Phi) is 7.91. The van der Waals surface area contributed by atoms with E-state index < -0.39 is 0 Å². The number of hydrogen-bond donors (Lipinski definition) is 0. The number of rotatable bonds is 6. The van der Waals surface area contributed by atoms with Gasteiger partial charge < -0.3 is 13.7 Å². The van der Waals surface area contributed by atoms with Gasteiger partial charge in [0.15, 0.2) is 0 Å². The Balaban J connectivity index is 1.09. The maximum absolute atomic E-state index is 2.48. The topological polar surface area (TPSA) is 14.8 Å². The fourth-order valence-corrected chi connectivity index (χ4v) is 10.2. The van der Waals surface area contributed by atoms with E-state index in [1.807, 2.05) is 0 Å². The fourth-order valence-electron chi connectivity index (χ4n) is 10.2. The van der Waals surface area contributed by atoms with Crippen molar-refractivity contribution in [2.45, 2.75) is 0 Å². The van der Waals surface area contributed by atoms with E-state index >= 15 is 0 Å². The smallest absolute Gasteiger partial charge is 0.0641 e. The van der Waals surface area contributed by atoms with Gasteiger partial charge in [0.1, 0.15) is 0 Å². The summed E-state index contributed by atoms with van der Waals surface area (Å²) in [7, 11) is 0. The zero-order chi connectivity index (χ0) is 41.4. The van der Waals surface area contributed by atoms with Crippen molar-refractivity contribution in [3.63, 3.8) is 0 Å². The molecule has 0 aliphatic rings. The summed E-state index contributed by atoms with van der Waals surface area (Å²) in [5.41, 5.74) is 17.8. The van der Waals surface area contributed by atoms with Crippen LogP contribution in [0.1, 0.15) is 0 Å². The van der Waals surface area contributed by atoms with Crippen LogP contribution < -0.4 is 0 Å². The maximum atomic E-state index is 2.48. The molecule has 294 valence electrons. The number of hydrogen-bond acceptors (Lipinski definition) is 0. The van der Waals surface area contributed by atoms with Crippen molar-refractivity contribution in [2.24, 2.45) is 0 Å². The van der Waals surface area contributed by atoms with Crippen LogP contribution in [-0.4, -0.2) is 13.7 Å². The highest BCUT2D eigenvalue weighted by molar-refractivity contribution is 6.26. The molecule has 0 radical (unpaired) electrons. The molecule has 0 unspecified atom stereocenters. The fraction of sp³-hybridized carbons (Fsp3) is 0. The van der Waals surface area contributed by atoms with Crippen LogP contribution in [0.3, 0.4) is 0 Å². The summed E-state index contributed by atoms with van der Waals surface area (Å²) in [6.07, 6.45) is 0. The Hall–Kier alpha value is -8.40. The van der Waals surface area contributed by atoms with Crippen LogP contribution in [0.25, 0.3) is 116 Å². The summed E-state index contributed by atoms with van der Waals surface area (Å²) in [5, 5.41) is 7.42.